The van der Waals surface area contributed by atoms with Gasteiger partial charge in [-0.25, -0.2) is 0 Å². The molecule has 2 N–H and O–H groups in total. The molecule has 0 radical (unpaired) electrons. The van der Waals surface area contributed by atoms with E-state index in [1.54, 1.807) is 0 Å². The first kappa shape index (κ1) is 10.4. The fourth-order valence-corrected chi connectivity index (χ4v) is 1.67. The van der Waals surface area contributed by atoms with Gasteiger partial charge < -0.3 is 10.6 Å². The molecule has 0 aromatic heterocycles. The maximum absolute atomic E-state index is 3.27. The largest absolute Gasteiger partial charge is 0.370 e. The summed E-state index contributed by atoms with van der Waals surface area (Å²) in [7, 11) is 0. The highest BCUT2D eigenvalue weighted by Crippen LogP contribution is 2.08. The third-order valence-electron chi connectivity index (χ3n) is 2.52. The zero-order valence-electron chi connectivity index (χ0n) is 8.68. The smallest absolute Gasteiger partial charge is 0.0955 e. The summed E-state index contributed by atoms with van der Waals surface area (Å²) in [5.74, 6) is 0. The topological polar surface area (TPSA) is 24.1 Å². The normalized spacial score (nSPS) is 15.8. The monoisotopic (exact) mass is 182 g/mol. The predicted molar refractivity (Wildman–Crippen MR) is 57.2 cm³/mol. The van der Waals surface area contributed by atoms with Gasteiger partial charge in [-0.05, 0) is 12.8 Å². The molecule has 0 fully saturated rings. The van der Waals surface area contributed by atoms with Crippen molar-refractivity contribution in [2.75, 3.05) is 0 Å². The van der Waals surface area contributed by atoms with Crippen LogP contribution in [-0.4, -0.2) is 6.17 Å². The van der Waals surface area contributed by atoms with Gasteiger partial charge in [0.05, 0.1) is 6.17 Å². The Morgan fingerprint density at radius 2 is 1.54 bits per heavy atom. The minimum absolute atomic E-state index is 0.506. The maximum Gasteiger partial charge on any atom is 0.0955 e. The van der Waals surface area contributed by atoms with Gasteiger partial charge in [-0.15, -0.1) is 0 Å². The summed E-state index contributed by atoms with van der Waals surface area (Å²) in [5, 5.41) is 6.53. The lowest BCUT2D eigenvalue weighted by Crippen LogP contribution is -2.30. The number of nitrogens with one attached hydrogen (secondary N) is 2. The Labute approximate surface area is 81.8 Å². The molecule has 1 heterocycles. The van der Waals surface area contributed by atoms with Crippen molar-refractivity contribution >= 4 is 0 Å². The van der Waals surface area contributed by atoms with E-state index in [0.29, 0.717) is 6.17 Å². The van der Waals surface area contributed by atoms with E-state index in [1.807, 2.05) is 12.4 Å². The minimum Gasteiger partial charge on any atom is -0.370 e. The molecule has 0 unspecified atom stereocenters. The van der Waals surface area contributed by atoms with Crippen LogP contribution in [0.25, 0.3) is 0 Å². The van der Waals surface area contributed by atoms with Crippen LogP contribution in [0.15, 0.2) is 12.4 Å². The predicted octanol–water partition coefficient (Wildman–Crippen LogP) is 2.73. The molecule has 0 aromatic carbocycles. The van der Waals surface area contributed by atoms with Crippen molar-refractivity contribution in [1.82, 2.24) is 10.6 Å². The quantitative estimate of drug-likeness (QED) is 0.592. The summed E-state index contributed by atoms with van der Waals surface area (Å²) < 4.78 is 0. The van der Waals surface area contributed by atoms with Gasteiger partial charge in [0, 0.05) is 12.4 Å². The van der Waals surface area contributed by atoms with Crippen molar-refractivity contribution in [3.8, 4) is 0 Å². The summed E-state index contributed by atoms with van der Waals surface area (Å²) in [4.78, 5) is 0. The van der Waals surface area contributed by atoms with E-state index in [2.05, 4.69) is 17.6 Å². The van der Waals surface area contributed by atoms with E-state index in [9.17, 15) is 0 Å². The lowest BCUT2D eigenvalue weighted by atomic mass is 10.1. The zero-order valence-corrected chi connectivity index (χ0v) is 8.68. The summed E-state index contributed by atoms with van der Waals surface area (Å²) >= 11 is 0. The Morgan fingerprint density at radius 1 is 0.923 bits per heavy atom. The van der Waals surface area contributed by atoms with E-state index in [0.717, 1.165) is 0 Å². The maximum atomic E-state index is 3.27. The molecular weight excluding hydrogens is 160 g/mol. The van der Waals surface area contributed by atoms with Crippen LogP contribution in [0, 0.1) is 0 Å². The van der Waals surface area contributed by atoms with Crippen LogP contribution in [-0.2, 0) is 0 Å². The molecule has 1 rings (SSSR count). The van der Waals surface area contributed by atoms with E-state index >= 15 is 0 Å². The lowest BCUT2D eigenvalue weighted by Gasteiger charge is -2.11. The van der Waals surface area contributed by atoms with Gasteiger partial charge in [-0.3, -0.25) is 0 Å². The van der Waals surface area contributed by atoms with Crippen LogP contribution in [0.3, 0.4) is 0 Å². The Kier molecular flexibility index (Phi) is 5.46. The summed E-state index contributed by atoms with van der Waals surface area (Å²) in [5.41, 5.74) is 0. The van der Waals surface area contributed by atoms with Crippen LogP contribution < -0.4 is 10.6 Å². The molecule has 0 bridgehead atoms. The van der Waals surface area contributed by atoms with Gasteiger partial charge in [-0.1, -0.05) is 39.0 Å². The second kappa shape index (κ2) is 6.81. The number of unbranched alkanes of at least 4 members (excludes halogenated alkanes) is 5. The minimum atomic E-state index is 0.506. The molecular formula is C11H22N2. The Hall–Kier alpha value is -0.660. The van der Waals surface area contributed by atoms with Crippen molar-refractivity contribution in [2.24, 2.45) is 0 Å². The van der Waals surface area contributed by atoms with Crippen LogP contribution >= 0.6 is 0 Å². The van der Waals surface area contributed by atoms with Crippen LogP contribution in [0.5, 0.6) is 0 Å². The molecule has 2 heteroatoms. The third-order valence-corrected chi connectivity index (χ3v) is 2.52. The Morgan fingerprint density at radius 3 is 2.23 bits per heavy atom. The lowest BCUT2D eigenvalue weighted by molar-refractivity contribution is 0.484. The third kappa shape index (κ3) is 4.81. The second-order valence-corrected chi connectivity index (χ2v) is 3.78. The van der Waals surface area contributed by atoms with Crippen LogP contribution in [0.2, 0.25) is 0 Å². The molecule has 0 saturated heterocycles. The first-order chi connectivity index (χ1) is 6.43. The van der Waals surface area contributed by atoms with Gasteiger partial charge in [0.1, 0.15) is 0 Å². The number of rotatable bonds is 7. The fraction of sp³-hybridized carbons (Fsp3) is 0.818. The second-order valence-electron chi connectivity index (χ2n) is 3.78. The number of hydrogen-bond acceptors (Lipinski definition) is 2. The van der Waals surface area contributed by atoms with Gasteiger partial charge in [-0.2, -0.15) is 0 Å². The van der Waals surface area contributed by atoms with Crippen molar-refractivity contribution in [3.63, 3.8) is 0 Å². The van der Waals surface area contributed by atoms with E-state index in [-0.39, 0.29) is 0 Å². The van der Waals surface area contributed by atoms with E-state index < -0.39 is 0 Å². The molecule has 0 amide bonds. The van der Waals surface area contributed by atoms with Gasteiger partial charge in [0.15, 0.2) is 0 Å². The van der Waals surface area contributed by atoms with Gasteiger partial charge >= 0.3 is 0 Å². The summed E-state index contributed by atoms with van der Waals surface area (Å²) in [6.45, 7) is 2.26. The molecule has 0 saturated carbocycles. The molecule has 0 aliphatic carbocycles. The first-order valence-electron chi connectivity index (χ1n) is 5.60. The summed E-state index contributed by atoms with van der Waals surface area (Å²) in [6.07, 6.45) is 14.0. The SMILES string of the molecule is CCCCCCCCC1NC=CN1. The first-order valence-corrected chi connectivity index (χ1v) is 5.60. The van der Waals surface area contributed by atoms with Gasteiger partial charge in [0.2, 0.25) is 0 Å². The van der Waals surface area contributed by atoms with E-state index in [1.165, 1.54) is 44.9 Å². The fourth-order valence-electron chi connectivity index (χ4n) is 1.67. The summed E-state index contributed by atoms with van der Waals surface area (Å²) in [6, 6.07) is 0. The Bertz CT molecular complexity index is 135. The van der Waals surface area contributed by atoms with Gasteiger partial charge in [0.25, 0.3) is 0 Å². The molecule has 2 nitrogen and oxygen atoms in total. The van der Waals surface area contributed by atoms with E-state index in [4.69, 9.17) is 0 Å². The highest BCUT2D eigenvalue weighted by atomic mass is 15.1. The van der Waals surface area contributed by atoms with Crippen LogP contribution in [0.1, 0.15) is 51.9 Å². The molecule has 1 aliphatic rings. The number of hydrogen-bond donors (Lipinski definition) is 2. The van der Waals surface area contributed by atoms with Crippen molar-refractivity contribution in [2.45, 2.75) is 58.0 Å². The van der Waals surface area contributed by atoms with Crippen molar-refractivity contribution in [1.29, 1.82) is 0 Å². The van der Waals surface area contributed by atoms with Crippen molar-refractivity contribution < 1.29 is 0 Å². The standard InChI is InChI=1S/C11H22N2/c1-2-3-4-5-6-7-8-11-12-9-10-13-11/h9-13H,2-8H2,1H3. The molecule has 0 aromatic rings. The Balaban J connectivity index is 1.78. The van der Waals surface area contributed by atoms with Crippen LogP contribution in [0.4, 0.5) is 0 Å². The zero-order chi connectivity index (χ0) is 9.36. The average Bonchev–Trinajstić information content (AvgIpc) is 2.63. The highest BCUT2D eigenvalue weighted by Gasteiger charge is 2.05. The molecule has 0 spiro atoms. The molecule has 76 valence electrons. The molecule has 13 heavy (non-hydrogen) atoms. The average molecular weight is 182 g/mol. The molecule has 0 atom stereocenters. The molecule has 1 aliphatic heterocycles. The highest BCUT2D eigenvalue weighted by molar-refractivity contribution is 4.90. The van der Waals surface area contributed by atoms with Crippen molar-refractivity contribution in [3.05, 3.63) is 12.4 Å².